The van der Waals surface area contributed by atoms with E-state index in [2.05, 4.69) is 14.1 Å². The first-order valence-electron chi connectivity index (χ1n) is 4.19. The highest BCUT2D eigenvalue weighted by Crippen LogP contribution is 2.32. The zero-order chi connectivity index (χ0) is 9.19. The highest BCUT2D eigenvalue weighted by Gasteiger charge is 2.37. The monoisotopic (exact) mass is 189 g/mol. The minimum atomic E-state index is -0.196. The number of rotatable bonds is 3. The van der Waals surface area contributed by atoms with Crippen LogP contribution in [0.25, 0.3) is 0 Å². The molecule has 0 N–H and O–H groups in total. The smallest absolute Gasteiger partial charge is 0.120 e. The standard InChI is InChI=1S/C8H16NO2P/c1-8(2)9(12)7(6-11-8)4-3-5-10/h5,7H,3-4,6,12H2,1-2H3. The molecule has 1 aliphatic heterocycles. The average molecular weight is 189 g/mol. The van der Waals surface area contributed by atoms with Crippen LogP contribution in [0.1, 0.15) is 26.7 Å². The largest absolute Gasteiger partial charge is 0.359 e. The molecule has 0 aromatic heterocycles. The first kappa shape index (κ1) is 10.1. The maximum absolute atomic E-state index is 10.2. The molecule has 1 fully saturated rings. The molecule has 3 nitrogen and oxygen atoms in total. The molecule has 0 bridgehead atoms. The number of carbonyl (C=O) groups is 1. The molecule has 1 heterocycles. The predicted octanol–water partition coefficient (Wildman–Crippen LogP) is 1.19. The minimum Gasteiger partial charge on any atom is -0.359 e. The van der Waals surface area contributed by atoms with E-state index in [0.717, 1.165) is 19.3 Å². The maximum Gasteiger partial charge on any atom is 0.120 e. The summed E-state index contributed by atoms with van der Waals surface area (Å²) in [6.45, 7) is 4.78. The fraction of sp³-hybridized carbons (Fsp3) is 0.875. The fourth-order valence-corrected chi connectivity index (χ4v) is 1.69. The molecule has 0 saturated carbocycles. The van der Waals surface area contributed by atoms with Crippen LogP contribution >= 0.6 is 9.39 Å². The van der Waals surface area contributed by atoms with Crippen molar-refractivity contribution in [2.45, 2.75) is 38.5 Å². The van der Waals surface area contributed by atoms with E-state index in [0.29, 0.717) is 12.5 Å². The Balaban J connectivity index is 2.43. The van der Waals surface area contributed by atoms with Gasteiger partial charge >= 0.3 is 0 Å². The highest BCUT2D eigenvalue weighted by molar-refractivity contribution is 7.13. The summed E-state index contributed by atoms with van der Waals surface area (Å²) in [5, 5.41) is 0. The van der Waals surface area contributed by atoms with Crippen LogP contribution in [-0.4, -0.2) is 29.3 Å². The SMILES string of the molecule is CC1(C)OCC(CCC=O)N1P. The summed E-state index contributed by atoms with van der Waals surface area (Å²) in [5.41, 5.74) is -0.196. The van der Waals surface area contributed by atoms with E-state index in [9.17, 15) is 4.79 Å². The van der Waals surface area contributed by atoms with E-state index in [1.165, 1.54) is 0 Å². The number of carbonyl (C=O) groups excluding carboxylic acids is 1. The molecule has 0 radical (unpaired) electrons. The van der Waals surface area contributed by atoms with E-state index in [1.54, 1.807) is 0 Å². The van der Waals surface area contributed by atoms with Crippen molar-refractivity contribution in [3.8, 4) is 0 Å². The van der Waals surface area contributed by atoms with Crippen LogP contribution in [-0.2, 0) is 9.53 Å². The molecular formula is C8H16NO2P. The van der Waals surface area contributed by atoms with Gasteiger partial charge < -0.3 is 9.53 Å². The normalized spacial score (nSPS) is 29.1. The minimum absolute atomic E-state index is 0.196. The Bertz CT molecular complexity index is 172. The van der Waals surface area contributed by atoms with Crippen LogP contribution in [0.2, 0.25) is 0 Å². The summed E-state index contributed by atoms with van der Waals surface area (Å²) >= 11 is 0. The summed E-state index contributed by atoms with van der Waals surface area (Å²) in [6.07, 6.45) is 2.47. The molecule has 0 aromatic carbocycles. The van der Waals surface area contributed by atoms with E-state index in [1.807, 2.05) is 13.8 Å². The van der Waals surface area contributed by atoms with Gasteiger partial charge in [-0.3, -0.25) is 4.67 Å². The van der Waals surface area contributed by atoms with E-state index < -0.39 is 0 Å². The van der Waals surface area contributed by atoms with Gasteiger partial charge in [0, 0.05) is 12.5 Å². The number of nitrogens with zero attached hydrogens (tertiary/aromatic N) is 1. The van der Waals surface area contributed by atoms with E-state index >= 15 is 0 Å². The van der Waals surface area contributed by atoms with Crippen molar-refractivity contribution in [2.75, 3.05) is 6.61 Å². The molecule has 2 unspecified atom stereocenters. The summed E-state index contributed by atoms with van der Waals surface area (Å²) in [7, 11) is 2.67. The first-order valence-corrected chi connectivity index (χ1v) is 4.71. The van der Waals surface area contributed by atoms with Gasteiger partial charge in [0.05, 0.1) is 6.61 Å². The maximum atomic E-state index is 10.2. The Kier molecular flexibility index (Phi) is 3.22. The first-order chi connectivity index (χ1) is 5.58. The van der Waals surface area contributed by atoms with Crippen LogP contribution in [0.15, 0.2) is 0 Å². The molecule has 0 aromatic rings. The van der Waals surface area contributed by atoms with Crippen molar-refractivity contribution in [1.29, 1.82) is 0 Å². The third-order valence-corrected chi connectivity index (χ3v) is 3.31. The lowest BCUT2D eigenvalue weighted by atomic mass is 10.2. The Labute approximate surface area is 75.7 Å². The topological polar surface area (TPSA) is 29.5 Å². The Morgan fingerprint density at radius 1 is 1.75 bits per heavy atom. The Hall–Kier alpha value is 0.0200. The molecule has 70 valence electrons. The molecule has 1 saturated heterocycles. The van der Waals surface area contributed by atoms with Gasteiger partial charge in [0.15, 0.2) is 0 Å². The van der Waals surface area contributed by atoms with Crippen molar-refractivity contribution in [3.05, 3.63) is 0 Å². The molecule has 0 aliphatic carbocycles. The quantitative estimate of drug-likeness (QED) is 0.493. The predicted molar refractivity (Wildman–Crippen MR) is 50.7 cm³/mol. The summed E-state index contributed by atoms with van der Waals surface area (Å²) in [5.74, 6) is 0. The van der Waals surface area contributed by atoms with Gasteiger partial charge in [-0.05, 0) is 20.3 Å². The van der Waals surface area contributed by atoms with Crippen LogP contribution < -0.4 is 0 Å². The summed E-state index contributed by atoms with van der Waals surface area (Å²) < 4.78 is 7.66. The number of ether oxygens (including phenoxy) is 1. The zero-order valence-corrected chi connectivity index (χ0v) is 8.77. The van der Waals surface area contributed by atoms with Crippen molar-refractivity contribution >= 4 is 15.7 Å². The zero-order valence-electron chi connectivity index (χ0n) is 7.62. The van der Waals surface area contributed by atoms with Crippen LogP contribution in [0, 0.1) is 0 Å². The second-order valence-corrected chi connectivity index (χ2v) is 4.12. The lowest BCUT2D eigenvalue weighted by Gasteiger charge is -2.28. The molecule has 1 aliphatic rings. The van der Waals surface area contributed by atoms with Gasteiger partial charge in [-0.2, -0.15) is 0 Å². The fourth-order valence-electron chi connectivity index (χ4n) is 1.38. The highest BCUT2D eigenvalue weighted by atomic mass is 31.0. The van der Waals surface area contributed by atoms with Gasteiger partial charge in [-0.1, -0.05) is 9.39 Å². The van der Waals surface area contributed by atoms with E-state index in [4.69, 9.17) is 4.74 Å². The van der Waals surface area contributed by atoms with Gasteiger partial charge in [-0.15, -0.1) is 0 Å². The number of hydrogen-bond acceptors (Lipinski definition) is 3. The molecule has 2 atom stereocenters. The lowest BCUT2D eigenvalue weighted by Crippen LogP contribution is -2.35. The van der Waals surface area contributed by atoms with Crippen LogP contribution in [0.4, 0.5) is 0 Å². The second kappa shape index (κ2) is 3.82. The van der Waals surface area contributed by atoms with Crippen molar-refractivity contribution in [1.82, 2.24) is 4.67 Å². The molecule has 0 spiro atoms. The van der Waals surface area contributed by atoms with Crippen LogP contribution in [0.3, 0.4) is 0 Å². The number of hydrogen-bond donors (Lipinski definition) is 0. The van der Waals surface area contributed by atoms with Crippen molar-refractivity contribution in [3.63, 3.8) is 0 Å². The molecule has 12 heavy (non-hydrogen) atoms. The van der Waals surface area contributed by atoms with Crippen molar-refractivity contribution in [2.24, 2.45) is 0 Å². The average Bonchev–Trinajstić information content (AvgIpc) is 2.26. The van der Waals surface area contributed by atoms with Crippen LogP contribution in [0.5, 0.6) is 0 Å². The van der Waals surface area contributed by atoms with Gasteiger partial charge in [0.25, 0.3) is 0 Å². The lowest BCUT2D eigenvalue weighted by molar-refractivity contribution is -0.108. The van der Waals surface area contributed by atoms with Gasteiger partial charge in [-0.25, -0.2) is 0 Å². The molecule has 4 heteroatoms. The molecular weight excluding hydrogens is 173 g/mol. The van der Waals surface area contributed by atoms with Crippen molar-refractivity contribution < 1.29 is 9.53 Å². The summed E-state index contributed by atoms with van der Waals surface area (Å²) in [6, 6.07) is 0.371. The van der Waals surface area contributed by atoms with Gasteiger partial charge in [0.2, 0.25) is 0 Å². The Morgan fingerprint density at radius 3 is 2.83 bits per heavy atom. The number of aldehydes is 1. The van der Waals surface area contributed by atoms with Gasteiger partial charge in [0.1, 0.15) is 12.0 Å². The van der Waals surface area contributed by atoms with E-state index in [-0.39, 0.29) is 5.72 Å². The molecule has 0 amide bonds. The second-order valence-electron chi connectivity index (χ2n) is 3.56. The third kappa shape index (κ3) is 2.03. The Morgan fingerprint density at radius 2 is 2.42 bits per heavy atom. The molecule has 1 rings (SSSR count). The third-order valence-electron chi connectivity index (χ3n) is 2.26. The summed E-state index contributed by atoms with van der Waals surface area (Å²) in [4.78, 5) is 10.2.